The van der Waals surface area contributed by atoms with Crippen LogP contribution in [-0.4, -0.2) is 37.6 Å². The van der Waals surface area contributed by atoms with E-state index in [9.17, 15) is 4.79 Å². The predicted molar refractivity (Wildman–Crippen MR) is 110 cm³/mol. The number of anilines is 1. The van der Waals surface area contributed by atoms with E-state index in [0.29, 0.717) is 12.3 Å². The van der Waals surface area contributed by atoms with Gasteiger partial charge in [0.25, 0.3) is 0 Å². The van der Waals surface area contributed by atoms with Gasteiger partial charge in [-0.2, -0.15) is 0 Å². The Bertz CT molecular complexity index is 737. The summed E-state index contributed by atoms with van der Waals surface area (Å²) < 4.78 is 5.34. The van der Waals surface area contributed by atoms with Gasteiger partial charge in [0.05, 0.1) is 19.3 Å². The smallest absolute Gasteiger partial charge is 0.238 e. The number of methoxy groups -OCH3 is 1. The zero-order valence-electron chi connectivity index (χ0n) is 16.4. The van der Waals surface area contributed by atoms with E-state index in [1.807, 2.05) is 25.1 Å². The van der Waals surface area contributed by atoms with Crippen molar-refractivity contribution >= 4 is 11.6 Å². The van der Waals surface area contributed by atoms with Crippen LogP contribution in [-0.2, 0) is 11.2 Å². The van der Waals surface area contributed by atoms with Crippen LogP contribution in [0.1, 0.15) is 30.4 Å². The topological polar surface area (TPSA) is 41.6 Å². The lowest BCUT2D eigenvalue weighted by Crippen LogP contribution is -2.39. The molecule has 144 valence electrons. The zero-order valence-corrected chi connectivity index (χ0v) is 16.4. The molecule has 2 aromatic carbocycles. The third-order valence-corrected chi connectivity index (χ3v) is 5.39. The minimum Gasteiger partial charge on any atom is -0.495 e. The summed E-state index contributed by atoms with van der Waals surface area (Å²) in [4.78, 5) is 14.7. The molecular weight excluding hydrogens is 336 g/mol. The number of carbonyl (C=O) groups is 1. The standard InChI is InChI=1S/C23H30N2O2/c1-18-8-11-22(27-2)21(16-18)24-23(26)17-25-14-12-20(13-15-25)10-9-19-6-4-3-5-7-19/h3-8,11,16,20H,9-10,12-15,17H2,1-2H3,(H,24,26). The molecule has 1 amide bonds. The largest absolute Gasteiger partial charge is 0.495 e. The Morgan fingerprint density at radius 1 is 1.15 bits per heavy atom. The van der Waals surface area contributed by atoms with Gasteiger partial charge in [0.1, 0.15) is 5.75 Å². The van der Waals surface area contributed by atoms with Crippen LogP contribution in [0.4, 0.5) is 5.69 Å². The Labute approximate surface area is 162 Å². The summed E-state index contributed by atoms with van der Waals surface area (Å²) in [5.74, 6) is 1.50. The normalized spacial score (nSPS) is 15.5. The molecule has 1 aliphatic rings. The Balaban J connectivity index is 1.42. The van der Waals surface area contributed by atoms with Crippen LogP contribution < -0.4 is 10.1 Å². The van der Waals surface area contributed by atoms with Gasteiger partial charge in [-0.15, -0.1) is 0 Å². The van der Waals surface area contributed by atoms with Crippen LogP contribution >= 0.6 is 0 Å². The molecule has 0 radical (unpaired) electrons. The summed E-state index contributed by atoms with van der Waals surface area (Å²) in [6.07, 6.45) is 4.74. The molecule has 2 aromatic rings. The molecule has 0 aliphatic carbocycles. The Kier molecular flexibility index (Phi) is 6.88. The summed E-state index contributed by atoms with van der Waals surface area (Å²) in [5.41, 5.74) is 3.27. The SMILES string of the molecule is COc1ccc(C)cc1NC(=O)CN1CCC(CCc2ccccc2)CC1. The van der Waals surface area contributed by atoms with E-state index in [1.54, 1.807) is 7.11 Å². The number of carbonyl (C=O) groups excluding carboxylic acids is 1. The first-order valence-corrected chi connectivity index (χ1v) is 9.85. The van der Waals surface area contributed by atoms with Crippen LogP contribution in [0.15, 0.2) is 48.5 Å². The highest BCUT2D eigenvalue weighted by Crippen LogP contribution is 2.26. The monoisotopic (exact) mass is 366 g/mol. The lowest BCUT2D eigenvalue weighted by atomic mass is 9.90. The number of aryl methyl sites for hydroxylation is 2. The quantitative estimate of drug-likeness (QED) is 0.795. The van der Waals surface area contributed by atoms with E-state index in [2.05, 4.69) is 40.5 Å². The number of likely N-dealkylation sites (tertiary alicyclic amines) is 1. The number of nitrogens with zero attached hydrogens (tertiary/aromatic N) is 1. The highest BCUT2D eigenvalue weighted by molar-refractivity contribution is 5.93. The van der Waals surface area contributed by atoms with Crippen LogP contribution in [0.2, 0.25) is 0 Å². The van der Waals surface area contributed by atoms with E-state index < -0.39 is 0 Å². The van der Waals surface area contributed by atoms with E-state index in [0.717, 1.165) is 36.7 Å². The lowest BCUT2D eigenvalue weighted by Gasteiger charge is -2.31. The second kappa shape index (κ2) is 9.56. The van der Waals surface area contributed by atoms with Crippen molar-refractivity contribution in [1.29, 1.82) is 0 Å². The molecule has 1 fully saturated rings. The first kappa shape index (κ1) is 19.4. The molecule has 3 rings (SSSR count). The molecule has 0 atom stereocenters. The maximum atomic E-state index is 12.4. The first-order valence-electron chi connectivity index (χ1n) is 9.85. The van der Waals surface area contributed by atoms with Crippen LogP contribution in [0, 0.1) is 12.8 Å². The second-order valence-corrected chi connectivity index (χ2v) is 7.50. The van der Waals surface area contributed by atoms with Gasteiger partial charge < -0.3 is 10.1 Å². The Morgan fingerprint density at radius 2 is 1.89 bits per heavy atom. The second-order valence-electron chi connectivity index (χ2n) is 7.50. The van der Waals surface area contributed by atoms with Gasteiger partial charge >= 0.3 is 0 Å². The minimum atomic E-state index is 0.0293. The first-order chi connectivity index (χ1) is 13.1. The predicted octanol–water partition coefficient (Wildman–Crippen LogP) is 4.29. The summed E-state index contributed by atoms with van der Waals surface area (Å²) in [6, 6.07) is 16.5. The van der Waals surface area contributed by atoms with E-state index in [-0.39, 0.29) is 5.91 Å². The number of benzene rings is 2. The van der Waals surface area contributed by atoms with Crippen molar-refractivity contribution in [3.63, 3.8) is 0 Å². The summed E-state index contributed by atoms with van der Waals surface area (Å²) in [7, 11) is 1.63. The molecule has 1 saturated heterocycles. The van der Waals surface area contributed by atoms with Crippen molar-refractivity contribution in [3.8, 4) is 5.75 Å². The van der Waals surface area contributed by atoms with Gasteiger partial charge in [0, 0.05) is 0 Å². The average Bonchev–Trinajstić information content (AvgIpc) is 2.68. The minimum absolute atomic E-state index is 0.0293. The fourth-order valence-electron chi connectivity index (χ4n) is 3.76. The zero-order chi connectivity index (χ0) is 19.1. The Hall–Kier alpha value is -2.33. The third kappa shape index (κ3) is 5.83. The number of ether oxygens (including phenoxy) is 1. The Morgan fingerprint density at radius 3 is 2.59 bits per heavy atom. The van der Waals surface area contributed by atoms with Gasteiger partial charge in [-0.3, -0.25) is 9.69 Å². The summed E-state index contributed by atoms with van der Waals surface area (Å²) in [6.45, 7) is 4.45. The molecule has 27 heavy (non-hydrogen) atoms. The van der Waals surface area contributed by atoms with Gasteiger partial charge in [-0.05, 0) is 74.9 Å². The molecule has 1 aliphatic heterocycles. The van der Waals surface area contributed by atoms with Gasteiger partial charge in [0.15, 0.2) is 0 Å². The number of piperidine rings is 1. The molecule has 0 saturated carbocycles. The average molecular weight is 367 g/mol. The fraction of sp³-hybridized carbons (Fsp3) is 0.435. The van der Waals surface area contributed by atoms with Crippen molar-refractivity contribution in [2.24, 2.45) is 5.92 Å². The molecule has 4 nitrogen and oxygen atoms in total. The van der Waals surface area contributed by atoms with E-state index >= 15 is 0 Å². The molecule has 4 heteroatoms. The summed E-state index contributed by atoms with van der Waals surface area (Å²) in [5, 5.41) is 3.00. The number of amides is 1. The molecule has 1 N–H and O–H groups in total. The maximum Gasteiger partial charge on any atom is 0.238 e. The van der Waals surface area contributed by atoms with Gasteiger partial charge in [0.2, 0.25) is 5.91 Å². The number of hydrogen-bond acceptors (Lipinski definition) is 3. The highest BCUT2D eigenvalue weighted by atomic mass is 16.5. The van der Waals surface area contributed by atoms with Crippen molar-refractivity contribution in [2.75, 3.05) is 32.1 Å². The van der Waals surface area contributed by atoms with Crippen LogP contribution in [0.5, 0.6) is 5.75 Å². The fourth-order valence-corrected chi connectivity index (χ4v) is 3.76. The summed E-state index contributed by atoms with van der Waals surface area (Å²) >= 11 is 0. The molecule has 1 heterocycles. The van der Waals surface area contributed by atoms with Crippen molar-refractivity contribution < 1.29 is 9.53 Å². The van der Waals surface area contributed by atoms with Crippen molar-refractivity contribution in [2.45, 2.75) is 32.6 Å². The van der Waals surface area contributed by atoms with E-state index in [4.69, 9.17) is 4.74 Å². The highest BCUT2D eigenvalue weighted by Gasteiger charge is 2.21. The molecule has 0 unspecified atom stereocenters. The van der Waals surface area contributed by atoms with Crippen LogP contribution in [0.3, 0.4) is 0 Å². The third-order valence-electron chi connectivity index (χ3n) is 5.39. The maximum absolute atomic E-state index is 12.4. The lowest BCUT2D eigenvalue weighted by molar-refractivity contribution is -0.117. The number of hydrogen-bond donors (Lipinski definition) is 1. The number of nitrogens with one attached hydrogen (secondary N) is 1. The van der Waals surface area contributed by atoms with Gasteiger partial charge in [-0.1, -0.05) is 36.4 Å². The van der Waals surface area contributed by atoms with Crippen LogP contribution in [0.25, 0.3) is 0 Å². The van der Waals surface area contributed by atoms with Crippen molar-refractivity contribution in [3.05, 3.63) is 59.7 Å². The van der Waals surface area contributed by atoms with Gasteiger partial charge in [-0.25, -0.2) is 0 Å². The number of rotatable bonds is 7. The van der Waals surface area contributed by atoms with E-state index in [1.165, 1.54) is 24.8 Å². The van der Waals surface area contributed by atoms with Crippen molar-refractivity contribution in [1.82, 2.24) is 4.90 Å². The molecule has 0 aromatic heterocycles. The molecule has 0 bridgehead atoms. The molecule has 0 spiro atoms. The molecular formula is C23H30N2O2.